The van der Waals surface area contributed by atoms with Gasteiger partial charge in [0.2, 0.25) is 5.91 Å². The first kappa shape index (κ1) is 24.2. The van der Waals surface area contributed by atoms with Gasteiger partial charge in [-0.15, -0.1) is 0 Å². The Morgan fingerprint density at radius 1 is 1.18 bits per heavy atom. The van der Waals surface area contributed by atoms with Crippen LogP contribution in [0.1, 0.15) is 101 Å². The predicted molar refractivity (Wildman–Crippen MR) is 136 cm³/mol. The Kier molecular flexibility index (Phi) is 7.60. The number of nitrogens with zero attached hydrogens (tertiary/aromatic N) is 2. The number of hydrogen-bond acceptors (Lipinski definition) is 4. The van der Waals surface area contributed by atoms with Crippen molar-refractivity contribution in [2.24, 2.45) is 17.3 Å². The second-order valence-corrected chi connectivity index (χ2v) is 11.9. The SMILES string of the molecule is CC(C)[C@]1(C(=O)N2CCc3ncc(C4CCCCC4)cc3C2)CC[C@@H](CNC2CCOCC2)C1. The molecule has 2 saturated carbocycles. The average Bonchev–Trinajstić information content (AvgIpc) is 3.33. The maximum absolute atomic E-state index is 14.1. The van der Waals surface area contributed by atoms with Crippen LogP contribution < -0.4 is 5.32 Å². The van der Waals surface area contributed by atoms with E-state index in [4.69, 9.17) is 9.72 Å². The first-order valence-corrected chi connectivity index (χ1v) is 14.1. The van der Waals surface area contributed by atoms with Crippen LogP contribution in [0.2, 0.25) is 0 Å². The lowest BCUT2D eigenvalue weighted by molar-refractivity contribution is -0.146. The van der Waals surface area contributed by atoms with Gasteiger partial charge in [-0.25, -0.2) is 0 Å². The van der Waals surface area contributed by atoms with Crippen LogP contribution in [0, 0.1) is 17.3 Å². The molecule has 3 heterocycles. The lowest BCUT2D eigenvalue weighted by atomic mass is 9.73. The molecule has 2 aliphatic carbocycles. The molecule has 5 heteroatoms. The van der Waals surface area contributed by atoms with Crippen LogP contribution in [-0.2, 0) is 22.5 Å². The Morgan fingerprint density at radius 2 is 1.97 bits per heavy atom. The van der Waals surface area contributed by atoms with Gasteiger partial charge in [-0.1, -0.05) is 39.2 Å². The van der Waals surface area contributed by atoms with Crippen LogP contribution in [0.4, 0.5) is 0 Å². The van der Waals surface area contributed by atoms with E-state index in [1.54, 1.807) is 0 Å². The van der Waals surface area contributed by atoms with Crippen molar-refractivity contribution in [2.75, 3.05) is 26.3 Å². The molecule has 188 valence electrons. The number of hydrogen-bond donors (Lipinski definition) is 1. The molecule has 3 fully saturated rings. The summed E-state index contributed by atoms with van der Waals surface area (Å²) in [6.45, 7) is 8.92. The van der Waals surface area contributed by atoms with E-state index in [2.05, 4.69) is 36.3 Å². The Labute approximate surface area is 206 Å². The Bertz CT molecular complexity index is 844. The van der Waals surface area contributed by atoms with Crippen LogP contribution in [-0.4, -0.2) is 48.1 Å². The summed E-state index contributed by atoms with van der Waals surface area (Å²) in [5.41, 5.74) is 3.73. The van der Waals surface area contributed by atoms with E-state index in [1.165, 1.54) is 48.9 Å². The number of amides is 1. The highest BCUT2D eigenvalue weighted by Gasteiger charge is 2.49. The van der Waals surface area contributed by atoms with Gasteiger partial charge in [0.25, 0.3) is 0 Å². The minimum atomic E-state index is -0.200. The monoisotopic (exact) mass is 467 g/mol. The summed E-state index contributed by atoms with van der Waals surface area (Å²) in [5.74, 6) is 2.05. The maximum Gasteiger partial charge on any atom is 0.229 e. The van der Waals surface area contributed by atoms with E-state index in [0.717, 1.165) is 71.4 Å². The van der Waals surface area contributed by atoms with Crippen molar-refractivity contribution >= 4 is 5.91 Å². The van der Waals surface area contributed by atoms with Crippen molar-refractivity contribution in [1.82, 2.24) is 15.2 Å². The van der Waals surface area contributed by atoms with Crippen molar-refractivity contribution in [1.29, 1.82) is 0 Å². The highest BCUT2D eigenvalue weighted by molar-refractivity contribution is 5.83. The number of carbonyl (C=O) groups excluding carboxylic acids is 1. The van der Waals surface area contributed by atoms with E-state index >= 15 is 0 Å². The Hall–Kier alpha value is -1.46. The summed E-state index contributed by atoms with van der Waals surface area (Å²) in [4.78, 5) is 21.1. The highest BCUT2D eigenvalue weighted by atomic mass is 16.5. The van der Waals surface area contributed by atoms with E-state index in [9.17, 15) is 4.79 Å². The normalized spacial score (nSPS) is 28.9. The second kappa shape index (κ2) is 10.7. The Balaban J connectivity index is 1.24. The quantitative estimate of drug-likeness (QED) is 0.623. The van der Waals surface area contributed by atoms with Crippen LogP contribution in [0.3, 0.4) is 0 Å². The molecule has 2 aliphatic heterocycles. The molecule has 0 bridgehead atoms. The van der Waals surface area contributed by atoms with Crippen molar-refractivity contribution in [3.05, 3.63) is 29.1 Å². The van der Waals surface area contributed by atoms with Crippen molar-refractivity contribution < 1.29 is 9.53 Å². The minimum absolute atomic E-state index is 0.200. The van der Waals surface area contributed by atoms with E-state index in [1.807, 2.05) is 0 Å². The van der Waals surface area contributed by atoms with Gasteiger partial charge >= 0.3 is 0 Å². The zero-order valence-electron chi connectivity index (χ0n) is 21.5. The summed E-state index contributed by atoms with van der Waals surface area (Å²) in [5, 5.41) is 3.80. The highest BCUT2D eigenvalue weighted by Crippen LogP contribution is 2.49. The summed E-state index contributed by atoms with van der Waals surface area (Å²) >= 11 is 0. The third-order valence-corrected chi connectivity index (χ3v) is 9.52. The van der Waals surface area contributed by atoms with Crippen molar-refractivity contribution in [3.8, 4) is 0 Å². The fraction of sp³-hybridized carbons (Fsp3) is 0.793. The molecule has 1 aromatic rings. The molecular formula is C29H45N3O2. The number of ether oxygens (including phenoxy) is 1. The fourth-order valence-electron chi connectivity index (χ4n) is 7.15. The van der Waals surface area contributed by atoms with Gasteiger partial charge in [-0.2, -0.15) is 0 Å². The first-order valence-electron chi connectivity index (χ1n) is 14.1. The molecule has 34 heavy (non-hydrogen) atoms. The number of carbonyl (C=O) groups is 1. The number of nitrogens with one attached hydrogen (secondary N) is 1. The number of fused-ring (bicyclic) bond motifs is 1. The molecule has 2 atom stereocenters. The van der Waals surface area contributed by atoms with E-state index in [-0.39, 0.29) is 5.41 Å². The lowest BCUT2D eigenvalue weighted by Gasteiger charge is -2.40. The first-order chi connectivity index (χ1) is 16.5. The summed E-state index contributed by atoms with van der Waals surface area (Å²) in [6.07, 6.45) is 15.1. The van der Waals surface area contributed by atoms with Crippen LogP contribution in [0.5, 0.6) is 0 Å². The molecule has 5 nitrogen and oxygen atoms in total. The number of pyridine rings is 1. The zero-order valence-corrected chi connectivity index (χ0v) is 21.5. The number of rotatable bonds is 6. The molecule has 1 N–H and O–H groups in total. The van der Waals surface area contributed by atoms with Crippen LogP contribution in [0.25, 0.3) is 0 Å². The molecule has 5 rings (SSSR count). The van der Waals surface area contributed by atoms with Gasteiger partial charge in [0.15, 0.2) is 0 Å². The third kappa shape index (κ3) is 5.06. The summed E-state index contributed by atoms with van der Waals surface area (Å²) in [6, 6.07) is 2.98. The molecule has 0 radical (unpaired) electrons. The minimum Gasteiger partial charge on any atom is -0.381 e. The summed E-state index contributed by atoms with van der Waals surface area (Å²) < 4.78 is 5.51. The molecule has 0 unspecified atom stereocenters. The van der Waals surface area contributed by atoms with E-state index < -0.39 is 0 Å². The van der Waals surface area contributed by atoms with Gasteiger partial charge in [-0.3, -0.25) is 9.78 Å². The topological polar surface area (TPSA) is 54.5 Å². The molecule has 0 spiro atoms. The molecule has 1 aromatic heterocycles. The Morgan fingerprint density at radius 3 is 2.74 bits per heavy atom. The van der Waals surface area contributed by atoms with Crippen molar-refractivity contribution in [3.63, 3.8) is 0 Å². The smallest absolute Gasteiger partial charge is 0.229 e. The van der Waals surface area contributed by atoms with E-state index in [0.29, 0.717) is 29.7 Å². The second-order valence-electron chi connectivity index (χ2n) is 11.9. The van der Waals surface area contributed by atoms with Crippen LogP contribution in [0.15, 0.2) is 12.3 Å². The molecule has 1 amide bonds. The number of aromatic nitrogens is 1. The van der Waals surface area contributed by atoms with Crippen LogP contribution >= 0.6 is 0 Å². The third-order valence-electron chi connectivity index (χ3n) is 9.52. The molecule has 4 aliphatic rings. The lowest BCUT2D eigenvalue weighted by Crippen LogP contribution is -2.48. The average molecular weight is 468 g/mol. The van der Waals surface area contributed by atoms with Crippen molar-refractivity contribution in [2.45, 2.75) is 103 Å². The molecule has 0 aromatic carbocycles. The predicted octanol–water partition coefficient (Wildman–Crippen LogP) is 5.23. The van der Waals surface area contributed by atoms with Gasteiger partial charge in [0.1, 0.15) is 0 Å². The van der Waals surface area contributed by atoms with Gasteiger partial charge in [0, 0.05) is 50.7 Å². The molecular weight excluding hydrogens is 422 g/mol. The fourth-order valence-corrected chi connectivity index (χ4v) is 7.15. The maximum atomic E-state index is 14.1. The zero-order chi connectivity index (χ0) is 23.5. The van der Waals surface area contributed by atoms with Gasteiger partial charge < -0.3 is 15.0 Å². The summed E-state index contributed by atoms with van der Waals surface area (Å²) in [7, 11) is 0. The van der Waals surface area contributed by atoms with Gasteiger partial charge in [-0.05, 0) is 80.4 Å². The van der Waals surface area contributed by atoms with Gasteiger partial charge in [0.05, 0.1) is 5.41 Å². The standard InChI is InChI=1S/C29H45N3O2/c1-21(2)29(12-8-22(17-29)18-30-26-10-14-34-15-11-26)28(33)32-13-9-27-25(20-32)16-24(19-31-27)23-6-4-3-5-7-23/h16,19,21-23,26,30H,3-15,17-18,20H2,1-2H3/t22-,29+/m1/s1. The largest absolute Gasteiger partial charge is 0.381 e. The molecule has 1 saturated heterocycles.